The van der Waals surface area contributed by atoms with Crippen molar-refractivity contribution in [1.29, 1.82) is 0 Å². The zero-order valence-electron chi connectivity index (χ0n) is 19.6. The Labute approximate surface area is 205 Å². The molecule has 3 aromatic rings. The van der Waals surface area contributed by atoms with Crippen LogP contribution in [0.4, 0.5) is 13.2 Å². The van der Waals surface area contributed by atoms with E-state index >= 15 is 4.39 Å². The van der Waals surface area contributed by atoms with Crippen molar-refractivity contribution in [3.8, 4) is 0 Å². The summed E-state index contributed by atoms with van der Waals surface area (Å²) in [5.41, 5.74) is 2.26. The molecule has 0 atom stereocenters. The normalized spacial score (nSPS) is 18.4. The van der Waals surface area contributed by atoms with Crippen LogP contribution in [0, 0.1) is 29.3 Å². The number of hydrogen-bond acceptors (Lipinski definition) is 0. The van der Waals surface area contributed by atoms with Crippen LogP contribution >= 0.6 is 11.6 Å². The molecular weight excluding hydrogens is 453 g/mol. The van der Waals surface area contributed by atoms with Gasteiger partial charge in [0.2, 0.25) is 0 Å². The maximum Gasteiger partial charge on any atom is 0.145 e. The molecule has 0 radical (unpaired) electrons. The molecule has 0 spiro atoms. The highest BCUT2D eigenvalue weighted by Crippen LogP contribution is 2.34. The van der Waals surface area contributed by atoms with E-state index in [4.69, 9.17) is 11.6 Å². The predicted octanol–water partition coefficient (Wildman–Crippen LogP) is 9.40. The van der Waals surface area contributed by atoms with Gasteiger partial charge in [-0.3, -0.25) is 0 Å². The molecular formula is C30H32ClF3. The molecule has 0 saturated heterocycles. The van der Waals surface area contributed by atoms with E-state index in [-0.39, 0.29) is 5.82 Å². The first-order valence-corrected chi connectivity index (χ1v) is 12.8. The van der Waals surface area contributed by atoms with Crippen molar-refractivity contribution in [3.05, 3.63) is 94.3 Å². The van der Waals surface area contributed by atoms with Crippen LogP contribution in [0.5, 0.6) is 0 Å². The summed E-state index contributed by atoms with van der Waals surface area (Å²) in [5, 5.41) is 0.987. The first-order valence-electron chi connectivity index (χ1n) is 12.4. The number of fused-ring (bicyclic) bond motifs is 1. The number of benzene rings is 3. The largest absolute Gasteiger partial charge is 0.206 e. The van der Waals surface area contributed by atoms with Gasteiger partial charge < -0.3 is 0 Å². The maximum atomic E-state index is 15.2. The van der Waals surface area contributed by atoms with Crippen LogP contribution < -0.4 is 0 Å². The summed E-state index contributed by atoms with van der Waals surface area (Å²) < 4.78 is 42.5. The fourth-order valence-corrected chi connectivity index (χ4v) is 5.41. The SMILES string of the molecule is C=CCCC1CCC(CCc2ccc3c(F)c(CCc4cc(F)c(Cl)c(F)c4)ccc3c2)CC1. The highest BCUT2D eigenvalue weighted by atomic mass is 35.5. The second-order valence-corrected chi connectivity index (χ2v) is 10.1. The molecule has 0 nitrogen and oxygen atoms in total. The zero-order chi connectivity index (χ0) is 24.1. The summed E-state index contributed by atoms with van der Waals surface area (Å²) >= 11 is 5.55. The first kappa shape index (κ1) is 24.9. The molecule has 1 fully saturated rings. The lowest BCUT2D eigenvalue weighted by molar-refractivity contribution is 0.254. The van der Waals surface area contributed by atoms with Crippen LogP contribution in [0.3, 0.4) is 0 Å². The van der Waals surface area contributed by atoms with Crippen molar-refractivity contribution in [2.75, 3.05) is 0 Å². The van der Waals surface area contributed by atoms with Crippen molar-refractivity contribution in [1.82, 2.24) is 0 Å². The van der Waals surface area contributed by atoms with Gasteiger partial charge in [0.05, 0.1) is 0 Å². The van der Waals surface area contributed by atoms with Gasteiger partial charge in [-0.25, -0.2) is 13.2 Å². The number of aryl methyl sites for hydroxylation is 3. The van der Waals surface area contributed by atoms with Crippen molar-refractivity contribution in [3.63, 3.8) is 0 Å². The molecule has 1 saturated carbocycles. The lowest BCUT2D eigenvalue weighted by Crippen LogP contribution is -2.15. The topological polar surface area (TPSA) is 0 Å². The van der Waals surface area contributed by atoms with Crippen LogP contribution in [-0.2, 0) is 19.3 Å². The van der Waals surface area contributed by atoms with Crippen LogP contribution in [-0.4, -0.2) is 0 Å². The summed E-state index contributed by atoms with van der Waals surface area (Å²) in [6.07, 6.45) is 12.6. The Hall–Kier alpha value is -2.26. The Morgan fingerprint density at radius 2 is 1.47 bits per heavy atom. The zero-order valence-corrected chi connectivity index (χ0v) is 20.3. The molecule has 0 aromatic heterocycles. The lowest BCUT2D eigenvalue weighted by atomic mass is 9.78. The number of allylic oxidation sites excluding steroid dienone is 1. The summed E-state index contributed by atoms with van der Waals surface area (Å²) in [6, 6.07) is 12.2. The molecule has 4 rings (SSSR count). The number of halogens is 4. The average molecular weight is 485 g/mol. The van der Waals surface area contributed by atoms with E-state index in [9.17, 15) is 8.78 Å². The highest BCUT2D eigenvalue weighted by molar-refractivity contribution is 6.30. The third-order valence-electron chi connectivity index (χ3n) is 7.41. The van der Waals surface area contributed by atoms with Gasteiger partial charge in [0.1, 0.15) is 22.5 Å². The molecule has 34 heavy (non-hydrogen) atoms. The Balaban J connectivity index is 1.36. The summed E-state index contributed by atoms with van der Waals surface area (Å²) in [7, 11) is 0. The Morgan fingerprint density at radius 3 is 2.15 bits per heavy atom. The molecule has 4 heteroatoms. The number of rotatable bonds is 9. The maximum absolute atomic E-state index is 15.2. The Bertz CT molecular complexity index is 1120. The van der Waals surface area contributed by atoms with Gasteiger partial charge in [-0.2, -0.15) is 0 Å². The third kappa shape index (κ3) is 6.05. The van der Waals surface area contributed by atoms with Crippen molar-refractivity contribution < 1.29 is 13.2 Å². The molecule has 1 aliphatic carbocycles. The van der Waals surface area contributed by atoms with Crippen LogP contribution in [0.25, 0.3) is 10.8 Å². The molecule has 1 aliphatic rings. The van der Waals surface area contributed by atoms with Crippen molar-refractivity contribution in [2.45, 2.75) is 64.2 Å². The molecule has 0 N–H and O–H groups in total. The minimum Gasteiger partial charge on any atom is -0.206 e. The molecule has 0 bridgehead atoms. The summed E-state index contributed by atoms with van der Waals surface area (Å²) in [4.78, 5) is 0. The minimum absolute atomic E-state index is 0.253. The van der Waals surface area contributed by atoms with Gasteiger partial charge in [0.15, 0.2) is 0 Å². The first-order chi connectivity index (χ1) is 16.4. The van der Waals surface area contributed by atoms with Crippen LogP contribution in [0.15, 0.2) is 55.1 Å². The molecule has 0 heterocycles. The molecule has 0 unspecified atom stereocenters. The standard InChI is InChI=1S/C30H32ClF3/c1-2-3-4-20-5-7-21(8-6-20)9-10-22-12-16-26-25(17-22)15-14-24(30(26)34)13-11-23-18-27(32)29(31)28(33)19-23/h2,12,14-21H,1,3-11,13H2. The Morgan fingerprint density at radius 1 is 0.794 bits per heavy atom. The lowest BCUT2D eigenvalue weighted by Gasteiger charge is -2.28. The molecule has 180 valence electrons. The van der Waals surface area contributed by atoms with E-state index in [0.717, 1.165) is 30.1 Å². The minimum atomic E-state index is -0.788. The van der Waals surface area contributed by atoms with E-state index in [2.05, 4.69) is 12.6 Å². The highest BCUT2D eigenvalue weighted by Gasteiger charge is 2.20. The van der Waals surface area contributed by atoms with Gasteiger partial charge in [0.25, 0.3) is 0 Å². The van der Waals surface area contributed by atoms with E-state index in [1.165, 1.54) is 56.2 Å². The van der Waals surface area contributed by atoms with E-state index in [1.807, 2.05) is 24.3 Å². The predicted molar refractivity (Wildman–Crippen MR) is 136 cm³/mol. The molecule has 0 amide bonds. The van der Waals surface area contributed by atoms with Gasteiger partial charge in [0, 0.05) is 5.39 Å². The van der Waals surface area contributed by atoms with Gasteiger partial charge in [-0.1, -0.05) is 73.7 Å². The van der Waals surface area contributed by atoms with Crippen LogP contribution in [0.1, 0.15) is 61.6 Å². The summed E-state index contributed by atoms with van der Waals surface area (Å²) in [6.45, 7) is 3.83. The van der Waals surface area contributed by atoms with E-state index in [1.54, 1.807) is 6.07 Å². The number of hydrogen-bond donors (Lipinski definition) is 0. The van der Waals surface area contributed by atoms with Crippen molar-refractivity contribution >= 4 is 22.4 Å². The fourth-order valence-electron chi connectivity index (χ4n) is 5.30. The molecule has 0 aliphatic heterocycles. The second-order valence-electron chi connectivity index (χ2n) is 9.76. The summed E-state index contributed by atoms with van der Waals surface area (Å²) in [5.74, 6) is -0.174. The Kier molecular flexibility index (Phi) is 8.37. The monoisotopic (exact) mass is 484 g/mol. The third-order valence-corrected chi connectivity index (χ3v) is 7.77. The average Bonchev–Trinajstić information content (AvgIpc) is 2.85. The van der Waals surface area contributed by atoms with Crippen molar-refractivity contribution in [2.24, 2.45) is 11.8 Å². The quantitative estimate of drug-likeness (QED) is 0.209. The second kappa shape index (κ2) is 11.4. The fraction of sp³-hybridized carbons (Fsp3) is 0.400. The van der Waals surface area contributed by atoms with E-state index in [0.29, 0.717) is 29.4 Å². The van der Waals surface area contributed by atoms with Crippen LogP contribution in [0.2, 0.25) is 5.02 Å². The van der Waals surface area contributed by atoms with Gasteiger partial charge in [-0.15, -0.1) is 6.58 Å². The smallest absolute Gasteiger partial charge is 0.145 e. The van der Waals surface area contributed by atoms with Gasteiger partial charge in [-0.05, 0) is 84.6 Å². The van der Waals surface area contributed by atoms with Gasteiger partial charge >= 0.3 is 0 Å². The van der Waals surface area contributed by atoms with E-state index < -0.39 is 16.7 Å². The molecule has 3 aromatic carbocycles.